The standard InChI is InChI=1S/C26H27FN8O/c1-2-19-25-20(31-26(36)23-14-29-24-8-3-4-11-33(23)24)6-5-7-22(25)35(32-19)16-17-12-30-34(15-17)21-9-10-28-13-18(21)27/h3-8,11-12,14-15,18,21,28H,2,9-10,13,16H2,1H3,(H,31,36)/t18-,21?/m1/s1. The molecule has 10 heteroatoms. The van der Waals surface area contributed by atoms with Crippen LogP contribution >= 0.6 is 0 Å². The number of nitrogens with zero attached hydrogens (tertiary/aromatic N) is 6. The number of carbonyl (C=O) groups excluding carboxylic acids is 1. The highest BCUT2D eigenvalue weighted by atomic mass is 19.1. The number of aryl methyl sites for hydroxylation is 1. The van der Waals surface area contributed by atoms with Gasteiger partial charge in [-0.15, -0.1) is 0 Å². The summed E-state index contributed by atoms with van der Waals surface area (Å²) in [6.45, 7) is 3.69. The molecule has 5 aromatic rings. The van der Waals surface area contributed by atoms with Gasteiger partial charge in [0.05, 0.1) is 41.9 Å². The van der Waals surface area contributed by atoms with Gasteiger partial charge in [-0.3, -0.25) is 18.6 Å². The number of benzene rings is 1. The number of halogens is 1. The van der Waals surface area contributed by atoms with Crippen LogP contribution in [0.1, 0.15) is 41.1 Å². The molecule has 5 heterocycles. The number of nitrogens with one attached hydrogen (secondary N) is 2. The van der Waals surface area contributed by atoms with Gasteiger partial charge in [0, 0.05) is 29.9 Å². The van der Waals surface area contributed by atoms with Crippen molar-refractivity contribution in [3.8, 4) is 0 Å². The van der Waals surface area contributed by atoms with Gasteiger partial charge in [-0.1, -0.05) is 19.1 Å². The smallest absolute Gasteiger partial charge is 0.274 e. The van der Waals surface area contributed by atoms with E-state index in [1.165, 1.54) is 0 Å². The van der Waals surface area contributed by atoms with Crippen LogP contribution < -0.4 is 10.6 Å². The molecule has 2 N–H and O–H groups in total. The van der Waals surface area contributed by atoms with Gasteiger partial charge in [0.1, 0.15) is 17.5 Å². The molecule has 36 heavy (non-hydrogen) atoms. The Morgan fingerprint density at radius 3 is 3.00 bits per heavy atom. The SMILES string of the molecule is CCc1nn(Cc2cnn(C3CCNC[C@H]3F)c2)c2cccc(NC(=O)c3cnc4ccccn34)c12. The summed E-state index contributed by atoms with van der Waals surface area (Å²) >= 11 is 0. The molecule has 1 aliphatic heterocycles. The second-order valence-corrected chi connectivity index (χ2v) is 9.09. The van der Waals surface area contributed by atoms with Crippen LogP contribution in [0, 0.1) is 0 Å². The van der Waals surface area contributed by atoms with E-state index in [0.717, 1.165) is 28.7 Å². The number of fused-ring (bicyclic) bond motifs is 2. The third-order valence-electron chi connectivity index (χ3n) is 6.78. The molecule has 0 spiro atoms. The number of imidazole rings is 1. The molecule has 0 radical (unpaired) electrons. The van der Waals surface area contributed by atoms with Crippen molar-refractivity contribution in [3.05, 3.63) is 78.1 Å². The molecular weight excluding hydrogens is 459 g/mol. The molecule has 1 aliphatic rings. The van der Waals surface area contributed by atoms with E-state index in [1.807, 2.05) is 60.4 Å². The van der Waals surface area contributed by atoms with E-state index >= 15 is 0 Å². The minimum Gasteiger partial charge on any atom is -0.320 e. The zero-order chi connectivity index (χ0) is 24.6. The lowest BCUT2D eigenvalue weighted by Gasteiger charge is -2.26. The minimum atomic E-state index is -0.956. The Morgan fingerprint density at radius 2 is 2.14 bits per heavy atom. The zero-order valence-corrected chi connectivity index (χ0v) is 19.9. The molecular formula is C26H27FN8O. The number of pyridine rings is 1. The number of piperidine rings is 1. The second kappa shape index (κ2) is 9.19. The van der Waals surface area contributed by atoms with Gasteiger partial charge in [0.15, 0.2) is 0 Å². The molecule has 0 bridgehead atoms. The monoisotopic (exact) mass is 486 g/mol. The summed E-state index contributed by atoms with van der Waals surface area (Å²) in [5, 5.41) is 16.4. The fourth-order valence-corrected chi connectivity index (χ4v) is 4.99. The van der Waals surface area contributed by atoms with Crippen molar-refractivity contribution in [1.29, 1.82) is 0 Å². The highest BCUT2D eigenvalue weighted by Gasteiger charge is 2.27. The highest BCUT2D eigenvalue weighted by Crippen LogP contribution is 2.29. The molecule has 9 nitrogen and oxygen atoms in total. The van der Waals surface area contributed by atoms with Gasteiger partial charge in [-0.2, -0.15) is 10.2 Å². The topological polar surface area (TPSA) is 94.1 Å². The molecule has 1 saturated heterocycles. The Morgan fingerprint density at radius 1 is 1.22 bits per heavy atom. The maximum atomic E-state index is 14.4. The van der Waals surface area contributed by atoms with Crippen LogP contribution in [0.3, 0.4) is 0 Å². The molecule has 4 aromatic heterocycles. The first-order valence-electron chi connectivity index (χ1n) is 12.2. The van der Waals surface area contributed by atoms with Gasteiger partial charge in [-0.05, 0) is 43.7 Å². The van der Waals surface area contributed by atoms with Crippen molar-refractivity contribution in [2.45, 2.75) is 38.5 Å². The van der Waals surface area contributed by atoms with Crippen LogP contribution in [0.15, 0.2) is 61.2 Å². The fraction of sp³-hybridized carbons (Fsp3) is 0.308. The Labute approximate surface area is 206 Å². The first kappa shape index (κ1) is 22.4. The number of hydrogen-bond acceptors (Lipinski definition) is 5. The number of amides is 1. The normalized spacial score (nSPS) is 18.2. The average molecular weight is 487 g/mol. The van der Waals surface area contributed by atoms with Crippen LogP contribution in [-0.4, -0.2) is 54.1 Å². The number of rotatable bonds is 6. The van der Waals surface area contributed by atoms with Gasteiger partial charge < -0.3 is 10.6 Å². The largest absolute Gasteiger partial charge is 0.320 e. The Kier molecular flexibility index (Phi) is 5.73. The molecule has 0 saturated carbocycles. The van der Waals surface area contributed by atoms with Crippen molar-refractivity contribution in [3.63, 3.8) is 0 Å². The predicted molar refractivity (Wildman–Crippen MR) is 135 cm³/mol. The van der Waals surface area contributed by atoms with Crippen LogP contribution in [-0.2, 0) is 13.0 Å². The maximum Gasteiger partial charge on any atom is 0.274 e. The number of aromatic nitrogens is 6. The lowest BCUT2D eigenvalue weighted by atomic mass is 10.1. The Bertz CT molecular complexity index is 1550. The average Bonchev–Trinajstić information content (AvgIpc) is 3.62. The number of carbonyl (C=O) groups is 1. The van der Waals surface area contributed by atoms with E-state index in [0.29, 0.717) is 43.0 Å². The highest BCUT2D eigenvalue weighted by molar-refractivity contribution is 6.08. The van der Waals surface area contributed by atoms with E-state index in [1.54, 1.807) is 21.5 Å². The molecule has 6 rings (SSSR count). The van der Waals surface area contributed by atoms with E-state index in [-0.39, 0.29) is 11.9 Å². The van der Waals surface area contributed by atoms with Crippen LogP contribution in [0.2, 0.25) is 0 Å². The first-order chi connectivity index (χ1) is 17.6. The van der Waals surface area contributed by atoms with Gasteiger partial charge in [0.25, 0.3) is 5.91 Å². The molecule has 1 fully saturated rings. The first-order valence-corrected chi connectivity index (χ1v) is 12.2. The maximum absolute atomic E-state index is 14.4. The molecule has 1 aromatic carbocycles. The van der Waals surface area contributed by atoms with E-state index < -0.39 is 6.17 Å². The van der Waals surface area contributed by atoms with Crippen molar-refractivity contribution in [2.75, 3.05) is 18.4 Å². The summed E-state index contributed by atoms with van der Waals surface area (Å²) < 4.78 is 19.8. The van der Waals surface area contributed by atoms with Crippen molar-refractivity contribution in [2.24, 2.45) is 0 Å². The summed E-state index contributed by atoms with van der Waals surface area (Å²) in [6, 6.07) is 11.2. The van der Waals surface area contributed by atoms with Gasteiger partial charge in [-0.25, -0.2) is 9.37 Å². The van der Waals surface area contributed by atoms with E-state index in [2.05, 4.69) is 20.7 Å². The third-order valence-corrected chi connectivity index (χ3v) is 6.78. The molecule has 2 atom stereocenters. The van der Waals surface area contributed by atoms with Gasteiger partial charge >= 0.3 is 0 Å². The van der Waals surface area contributed by atoms with E-state index in [4.69, 9.17) is 5.10 Å². The number of anilines is 1. The predicted octanol–water partition coefficient (Wildman–Crippen LogP) is 3.62. The van der Waals surface area contributed by atoms with Gasteiger partial charge in [0.2, 0.25) is 0 Å². The quantitative estimate of drug-likeness (QED) is 0.382. The molecule has 0 aliphatic carbocycles. The van der Waals surface area contributed by atoms with Crippen molar-refractivity contribution >= 4 is 28.1 Å². The summed E-state index contributed by atoms with van der Waals surface area (Å²) in [5.41, 5.74) is 4.65. The van der Waals surface area contributed by atoms with Crippen molar-refractivity contribution in [1.82, 2.24) is 34.3 Å². The zero-order valence-electron chi connectivity index (χ0n) is 19.9. The molecule has 184 valence electrons. The third kappa shape index (κ3) is 3.93. The summed E-state index contributed by atoms with van der Waals surface area (Å²) in [5.74, 6) is -0.236. The van der Waals surface area contributed by atoms with Crippen molar-refractivity contribution < 1.29 is 9.18 Å². The van der Waals surface area contributed by atoms with E-state index in [9.17, 15) is 9.18 Å². The Hall–Kier alpha value is -4.05. The molecule has 1 unspecified atom stereocenters. The number of alkyl halides is 1. The fourth-order valence-electron chi connectivity index (χ4n) is 4.99. The minimum absolute atomic E-state index is 0.236. The lowest BCUT2D eigenvalue weighted by Crippen LogP contribution is -2.39. The lowest BCUT2D eigenvalue weighted by molar-refractivity contribution is 0.102. The summed E-state index contributed by atoms with van der Waals surface area (Å²) in [7, 11) is 0. The summed E-state index contributed by atoms with van der Waals surface area (Å²) in [6.07, 6.45) is 7.57. The molecule has 1 amide bonds. The van der Waals surface area contributed by atoms with Crippen LogP contribution in [0.4, 0.5) is 10.1 Å². The Balaban J connectivity index is 1.30. The van der Waals surface area contributed by atoms with Crippen LogP contribution in [0.5, 0.6) is 0 Å². The second-order valence-electron chi connectivity index (χ2n) is 9.09. The van der Waals surface area contributed by atoms with Crippen LogP contribution in [0.25, 0.3) is 16.6 Å². The number of hydrogen-bond donors (Lipinski definition) is 2. The summed E-state index contributed by atoms with van der Waals surface area (Å²) in [4.78, 5) is 17.5.